The van der Waals surface area contributed by atoms with Crippen LogP contribution in [0.3, 0.4) is 0 Å². The van der Waals surface area contributed by atoms with Crippen LogP contribution in [0.25, 0.3) is 22.0 Å². The Hall–Kier alpha value is -4.37. The summed E-state index contributed by atoms with van der Waals surface area (Å²) in [5, 5.41) is 18.7. The largest absolute Gasteiger partial charge is 0.481 e. The summed E-state index contributed by atoms with van der Waals surface area (Å²) in [4.78, 5) is 40.5. The van der Waals surface area contributed by atoms with Crippen molar-refractivity contribution in [2.75, 3.05) is 18.9 Å². The number of rotatable bonds is 7. The lowest BCUT2D eigenvalue weighted by Crippen LogP contribution is -2.48. The number of ether oxygens (including phenoxy) is 1. The molecule has 0 unspecified atom stereocenters. The first kappa shape index (κ1) is 29.6. The molecule has 0 saturated heterocycles. The molecule has 41 heavy (non-hydrogen) atoms. The van der Waals surface area contributed by atoms with E-state index in [0.29, 0.717) is 0 Å². The first-order valence-corrected chi connectivity index (χ1v) is 14.1. The molecule has 0 atom stereocenters. The van der Waals surface area contributed by atoms with Crippen molar-refractivity contribution in [3.05, 3.63) is 96.2 Å². The third kappa shape index (κ3) is 7.24. The first-order chi connectivity index (χ1) is 19.6. The van der Waals surface area contributed by atoms with Crippen LogP contribution in [0.5, 0.6) is 0 Å². The van der Waals surface area contributed by atoms with Crippen LogP contribution in [0.2, 0.25) is 0 Å². The van der Waals surface area contributed by atoms with Gasteiger partial charge in [0.2, 0.25) is 0 Å². The van der Waals surface area contributed by atoms with Gasteiger partial charge in [0, 0.05) is 27.9 Å². The summed E-state index contributed by atoms with van der Waals surface area (Å²) in [7, 11) is 0. The molecule has 9 heteroatoms. The highest BCUT2D eigenvalue weighted by Crippen LogP contribution is 2.44. The van der Waals surface area contributed by atoms with E-state index in [-0.39, 0.29) is 24.8 Å². The number of amides is 1. The van der Waals surface area contributed by atoms with E-state index >= 15 is 0 Å². The van der Waals surface area contributed by atoms with Gasteiger partial charge in [-0.2, -0.15) is 0 Å². The molecule has 0 radical (unpaired) electrons. The van der Waals surface area contributed by atoms with Crippen LogP contribution >= 0.6 is 11.8 Å². The van der Waals surface area contributed by atoms with Gasteiger partial charge in [-0.25, -0.2) is 4.79 Å². The van der Waals surface area contributed by atoms with E-state index < -0.39 is 23.6 Å². The van der Waals surface area contributed by atoms with Gasteiger partial charge in [0.15, 0.2) is 0 Å². The van der Waals surface area contributed by atoms with Crippen molar-refractivity contribution < 1.29 is 29.3 Å². The Morgan fingerprint density at radius 1 is 0.854 bits per heavy atom. The molecule has 5 rings (SSSR count). The molecule has 0 bridgehead atoms. The predicted molar refractivity (Wildman–Crippen MR) is 159 cm³/mol. The number of hydrogen-bond acceptors (Lipinski definition) is 6. The van der Waals surface area contributed by atoms with Gasteiger partial charge in [0.25, 0.3) is 0 Å². The quantitative estimate of drug-likeness (QED) is 0.240. The number of aromatic nitrogens is 1. The zero-order valence-electron chi connectivity index (χ0n) is 23.1. The standard InChI is InChI=1S/C21H23NO4.C11H9NO2S/c1-21(2,3)22(12-19(23)24)20(25)26-13-18-16-10-6-4-8-14(16)15-9-5-7-11-17(15)18;13-10(14)7-15-9-5-1-3-8-4-2-6-12-11(8)9/h4-11,18H,12-13H2,1-3H3,(H,23,24);1-6H,7H2,(H,13,14). The number of nitrogens with zero attached hydrogens (tertiary/aromatic N) is 2. The number of fused-ring (bicyclic) bond motifs is 4. The molecule has 0 fully saturated rings. The number of pyridine rings is 1. The summed E-state index contributed by atoms with van der Waals surface area (Å²) in [5.41, 5.74) is 4.79. The summed E-state index contributed by atoms with van der Waals surface area (Å²) in [5.74, 6) is -1.85. The lowest BCUT2D eigenvalue weighted by molar-refractivity contribution is -0.139. The lowest BCUT2D eigenvalue weighted by atomic mass is 9.98. The minimum absolute atomic E-state index is 0.0435. The third-order valence-electron chi connectivity index (χ3n) is 6.61. The van der Waals surface area contributed by atoms with E-state index in [2.05, 4.69) is 17.1 Å². The molecule has 8 nitrogen and oxygen atoms in total. The average Bonchev–Trinajstić information content (AvgIpc) is 3.27. The highest BCUT2D eigenvalue weighted by Gasteiger charge is 2.33. The van der Waals surface area contributed by atoms with Crippen LogP contribution in [0, 0.1) is 0 Å². The van der Waals surface area contributed by atoms with Crippen LogP contribution in [-0.4, -0.2) is 62.6 Å². The molecule has 3 aromatic carbocycles. The number of aliphatic carboxylic acids is 2. The molecule has 0 spiro atoms. The maximum Gasteiger partial charge on any atom is 0.410 e. The second kappa shape index (κ2) is 12.9. The molecule has 212 valence electrons. The number of carbonyl (C=O) groups excluding carboxylic acids is 1. The summed E-state index contributed by atoms with van der Waals surface area (Å²) in [6.45, 7) is 5.16. The van der Waals surface area contributed by atoms with Crippen LogP contribution in [-0.2, 0) is 14.3 Å². The van der Waals surface area contributed by atoms with Gasteiger partial charge in [-0.15, -0.1) is 11.8 Å². The van der Waals surface area contributed by atoms with Crippen molar-refractivity contribution in [3.63, 3.8) is 0 Å². The average molecular weight is 573 g/mol. The van der Waals surface area contributed by atoms with Gasteiger partial charge < -0.3 is 14.9 Å². The second-order valence-electron chi connectivity index (χ2n) is 10.5. The Balaban J connectivity index is 0.000000218. The summed E-state index contributed by atoms with van der Waals surface area (Å²) in [6.07, 6.45) is 1.11. The SMILES string of the molecule is CC(C)(C)N(CC(=O)O)C(=O)OCC1c2ccccc2-c2ccccc21.O=C(O)CSc1cccc2cccnc12. The van der Waals surface area contributed by atoms with Gasteiger partial charge in [0.05, 0.1) is 11.3 Å². The van der Waals surface area contributed by atoms with Gasteiger partial charge >= 0.3 is 18.0 Å². The van der Waals surface area contributed by atoms with Gasteiger partial charge in [-0.3, -0.25) is 19.5 Å². The maximum atomic E-state index is 12.5. The van der Waals surface area contributed by atoms with E-state index in [1.165, 1.54) is 16.7 Å². The Morgan fingerprint density at radius 3 is 2.05 bits per heavy atom. The van der Waals surface area contributed by atoms with Crippen molar-refractivity contribution in [2.45, 2.75) is 37.1 Å². The minimum Gasteiger partial charge on any atom is -0.481 e. The fourth-order valence-corrected chi connectivity index (χ4v) is 5.48. The zero-order valence-corrected chi connectivity index (χ0v) is 23.9. The van der Waals surface area contributed by atoms with Crippen molar-refractivity contribution in [2.24, 2.45) is 0 Å². The lowest BCUT2D eigenvalue weighted by Gasteiger charge is -2.33. The maximum absolute atomic E-state index is 12.5. The van der Waals surface area contributed by atoms with E-state index in [1.807, 2.05) is 66.7 Å². The van der Waals surface area contributed by atoms with Crippen LogP contribution in [0.1, 0.15) is 37.8 Å². The van der Waals surface area contributed by atoms with Gasteiger partial charge in [0.1, 0.15) is 13.2 Å². The van der Waals surface area contributed by atoms with Crippen LogP contribution < -0.4 is 0 Å². The number of carbonyl (C=O) groups is 3. The van der Waals surface area contributed by atoms with E-state index in [9.17, 15) is 14.4 Å². The predicted octanol–water partition coefficient (Wildman–Crippen LogP) is 6.53. The fourth-order valence-electron chi connectivity index (χ4n) is 4.71. The number of benzene rings is 3. The smallest absolute Gasteiger partial charge is 0.410 e. The minimum atomic E-state index is -1.06. The highest BCUT2D eigenvalue weighted by atomic mass is 32.2. The summed E-state index contributed by atoms with van der Waals surface area (Å²) < 4.78 is 5.55. The number of hydrogen-bond donors (Lipinski definition) is 2. The van der Waals surface area contributed by atoms with E-state index in [1.54, 1.807) is 27.0 Å². The molecule has 4 aromatic rings. The molecular formula is C32H32N2O6S. The Kier molecular flexibility index (Phi) is 9.29. The number of carboxylic acid groups (broad SMARTS) is 2. The van der Waals surface area contributed by atoms with E-state index in [0.717, 1.165) is 38.1 Å². The van der Waals surface area contributed by atoms with E-state index in [4.69, 9.17) is 14.9 Å². The molecule has 1 amide bonds. The Morgan fingerprint density at radius 2 is 1.46 bits per heavy atom. The normalized spacial score (nSPS) is 12.1. The van der Waals surface area contributed by atoms with Crippen molar-refractivity contribution in [3.8, 4) is 11.1 Å². The molecule has 0 aliphatic heterocycles. The third-order valence-corrected chi connectivity index (χ3v) is 7.64. The van der Waals surface area contributed by atoms with Crippen LogP contribution in [0.4, 0.5) is 4.79 Å². The van der Waals surface area contributed by atoms with Crippen molar-refractivity contribution >= 4 is 40.7 Å². The molecule has 0 saturated carbocycles. The summed E-state index contributed by atoms with van der Waals surface area (Å²) in [6, 6.07) is 25.8. The first-order valence-electron chi connectivity index (χ1n) is 13.1. The van der Waals surface area contributed by atoms with Crippen LogP contribution in [0.15, 0.2) is 90.0 Å². The van der Waals surface area contributed by atoms with Crippen molar-refractivity contribution in [1.29, 1.82) is 0 Å². The fraction of sp³-hybridized carbons (Fsp3) is 0.250. The molecule has 1 aliphatic rings. The molecule has 2 N–H and O–H groups in total. The molecular weight excluding hydrogens is 540 g/mol. The summed E-state index contributed by atoms with van der Waals surface area (Å²) >= 11 is 1.30. The second-order valence-corrected chi connectivity index (χ2v) is 11.5. The Labute approximate surface area is 243 Å². The molecule has 1 heterocycles. The zero-order chi connectivity index (χ0) is 29.6. The molecule has 1 aliphatic carbocycles. The Bertz CT molecular complexity index is 1510. The van der Waals surface area contributed by atoms with Crippen molar-refractivity contribution in [1.82, 2.24) is 9.88 Å². The van der Waals surface area contributed by atoms with Gasteiger partial charge in [-0.05, 0) is 55.2 Å². The highest BCUT2D eigenvalue weighted by molar-refractivity contribution is 8.00. The monoisotopic (exact) mass is 572 g/mol. The number of thioether (sulfide) groups is 1. The topological polar surface area (TPSA) is 117 Å². The number of carboxylic acids is 2. The number of para-hydroxylation sites is 1. The van der Waals surface area contributed by atoms with Gasteiger partial charge in [-0.1, -0.05) is 66.7 Å². The molecule has 1 aromatic heterocycles.